The molecule has 1 N–H and O–H groups in total. The summed E-state index contributed by atoms with van der Waals surface area (Å²) in [4.78, 5) is 38.0. The second kappa shape index (κ2) is 13.0. The van der Waals surface area contributed by atoms with Crippen LogP contribution in [0.15, 0.2) is 34.7 Å². The predicted molar refractivity (Wildman–Crippen MR) is 157 cm³/mol. The third-order valence-electron chi connectivity index (χ3n) is 6.14. The van der Waals surface area contributed by atoms with Gasteiger partial charge in [0.15, 0.2) is 11.4 Å². The number of nitrogens with one attached hydrogen (secondary N) is 1. The van der Waals surface area contributed by atoms with E-state index in [1.165, 1.54) is 30.4 Å². The highest BCUT2D eigenvalue weighted by Gasteiger charge is 2.26. The van der Waals surface area contributed by atoms with E-state index in [2.05, 4.69) is 41.0 Å². The van der Waals surface area contributed by atoms with Gasteiger partial charge in [0.1, 0.15) is 5.75 Å². The lowest BCUT2D eigenvalue weighted by atomic mass is 10.2. The number of ether oxygens (including phenoxy) is 3. The summed E-state index contributed by atoms with van der Waals surface area (Å²) in [7, 11) is 5.09. The summed E-state index contributed by atoms with van der Waals surface area (Å²) in [6.07, 6.45) is 0.269. The maximum atomic E-state index is 13.1. The average Bonchev–Trinajstić information content (AvgIpc) is 3.38. The molecule has 2 aromatic heterocycles. The van der Waals surface area contributed by atoms with Gasteiger partial charge in [-0.3, -0.25) is 14.5 Å². The standard InChI is InChI=1S/C28H39N5O6Si/c1-10-22(34)33(16-15-32(3)4)28-30-26(36-5)24(27(31-28)37-6)29-25(35)20-13-14-23(38-20)39-21-17-19(40(7,8)9)12-11-18(21)2/h11-14,17H,10,15-16H2,1-9H3,(H,29,35). The first-order valence-electron chi connectivity index (χ1n) is 13.0. The molecule has 0 fully saturated rings. The van der Waals surface area contributed by atoms with Crippen molar-refractivity contribution in [1.29, 1.82) is 0 Å². The number of likely N-dealkylation sites (N-methyl/N-ethyl adjacent to an activating group) is 1. The normalized spacial score (nSPS) is 11.3. The summed E-state index contributed by atoms with van der Waals surface area (Å²) in [6.45, 7) is 11.5. The van der Waals surface area contributed by atoms with E-state index in [1.54, 1.807) is 13.0 Å². The minimum absolute atomic E-state index is 0.0101. The summed E-state index contributed by atoms with van der Waals surface area (Å²) in [5.41, 5.74) is 1.06. The Kier molecular flexibility index (Phi) is 9.93. The zero-order valence-electron chi connectivity index (χ0n) is 24.7. The molecule has 0 unspecified atom stereocenters. The van der Waals surface area contributed by atoms with Crippen molar-refractivity contribution in [2.24, 2.45) is 0 Å². The molecule has 12 heteroatoms. The van der Waals surface area contributed by atoms with Crippen molar-refractivity contribution in [2.75, 3.05) is 51.6 Å². The highest BCUT2D eigenvalue weighted by Crippen LogP contribution is 2.34. The molecule has 216 valence electrons. The maximum absolute atomic E-state index is 13.1. The van der Waals surface area contributed by atoms with Gasteiger partial charge in [-0.15, -0.1) is 0 Å². The van der Waals surface area contributed by atoms with Gasteiger partial charge in [-0.25, -0.2) is 0 Å². The molecule has 0 spiro atoms. The Balaban J connectivity index is 1.86. The van der Waals surface area contributed by atoms with Crippen LogP contribution < -0.4 is 29.6 Å². The molecule has 0 saturated carbocycles. The molecule has 3 rings (SSSR count). The van der Waals surface area contributed by atoms with Gasteiger partial charge in [0, 0.05) is 25.6 Å². The number of hydrogen-bond donors (Lipinski definition) is 1. The van der Waals surface area contributed by atoms with Gasteiger partial charge in [-0.05, 0) is 38.7 Å². The molecule has 2 heterocycles. The van der Waals surface area contributed by atoms with Crippen LogP contribution in [0.1, 0.15) is 29.5 Å². The fraction of sp³-hybridized carbons (Fsp3) is 0.429. The van der Waals surface area contributed by atoms with Gasteiger partial charge >= 0.3 is 0 Å². The number of aromatic nitrogens is 2. The molecule has 0 aliphatic heterocycles. The van der Waals surface area contributed by atoms with Crippen molar-refractivity contribution in [3.05, 3.63) is 41.7 Å². The first kappa shape index (κ1) is 30.6. The van der Waals surface area contributed by atoms with Crippen molar-refractivity contribution in [3.8, 4) is 23.5 Å². The Morgan fingerprint density at radius 3 is 2.20 bits per heavy atom. The van der Waals surface area contributed by atoms with E-state index in [9.17, 15) is 9.59 Å². The minimum Gasteiger partial charge on any atom is -0.479 e. The van der Waals surface area contributed by atoms with Crippen LogP contribution in [0.3, 0.4) is 0 Å². The Labute approximate surface area is 236 Å². The number of hydrogen-bond acceptors (Lipinski definition) is 9. The number of carbonyl (C=O) groups excluding carboxylic acids is 2. The zero-order valence-corrected chi connectivity index (χ0v) is 25.7. The van der Waals surface area contributed by atoms with Gasteiger partial charge in [0.2, 0.25) is 23.6 Å². The molecule has 3 aromatic rings. The first-order valence-corrected chi connectivity index (χ1v) is 16.5. The number of anilines is 2. The van der Waals surface area contributed by atoms with Gasteiger partial charge < -0.3 is 28.8 Å². The molecule has 1 aromatic carbocycles. The quantitative estimate of drug-likeness (QED) is 0.319. The van der Waals surface area contributed by atoms with Crippen molar-refractivity contribution in [3.63, 3.8) is 0 Å². The molecule has 0 aliphatic carbocycles. The molecule has 2 amide bonds. The lowest BCUT2D eigenvalue weighted by molar-refractivity contribution is -0.118. The molecule has 0 atom stereocenters. The molecule has 11 nitrogen and oxygen atoms in total. The van der Waals surface area contributed by atoms with Crippen LogP contribution in [0.25, 0.3) is 0 Å². The van der Waals surface area contributed by atoms with Crippen LogP contribution >= 0.6 is 0 Å². The van der Waals surface area contributed by atoms with Crippen LogP contribution in [-0.4, -0.2) is 76.2 Å². The van der Waals surface area contributed by atoms with Crippen molar-refractivity contribution in [1.82, 2.24) is 14.9 Å². The van der Waals surface area contributed by atoms with Gasteiger partial charge in [-0.1, -0.05) is 43.9 Å². The van der Waals surface area contributed by atoms with Crippen LogP contribution in [0.2, 0.25) is 19.6 Å². The van der Waals surface area contributed by atoms with Gasteiger partial charge in [-0.2, -0.15) is 9.97 Å². The van der Waals surface area contributed by atoms with Crippen LogP contribution in [0, 0.1) is 6.92 Å². The van der Waals surface area contributed by atoms with E-state index in [4.69, 9.17) is 18.6 Å². The topological polar surface area (TPSA) is 119 Å². The van der Waals surface area contributed by atoms with Gasteiger partial charge in [0.25, 0.3) is 11.9 Å². The molecule has 0 saturated heterocycles. The third kappa shape index (κ3) is 7.39. The van der Waals surface area contributed by atoms with Crippen molar-refractivity contribution in [2.45, 2.75) is 39.9 Å². The van der Waals surface area contributed by atoms with E-state index >= 15 is 0 Å². The second-order valence-corrected chi connectivity index (χ2v) is 15.6. The number of amides is 2. The minimum atomic E-state index is -1.54. The Hall–Kier alpha value is -3.90. The Morgan fingerprint density at radius 2 is 1.65 bits per heavy atom. The fourth-order valence-electron chi connectivity index (χ4n) is 3.72. The predicted octanol–water partition coefficient (Wildman–Crippen LogP) is 4.29. The van der Waals surface area contributed by atoms with E-state index in [0.29, 0.717) is 18.8 Å². The average molecular weight is 570 g/mol. The number of aryl methyl sites for hydroxylation is 1. The SMILES string of the molecule is CCC(=O)N(CCN(C)C)c1nc(OC)c(NC(=O)c2ccc(Oc3cc([Si](C)(C)C)ccc3C)o2)c(OC)n1. The largest absolute Gasteiger partial charge is 0.479 e. The molecular formula is C28H39N5O6Si. The second-order valence-electron chi connectivity index (χ2n) is 10.5. The lowest BCUT2D eigenvalue weighted by Crippen LogP contribution is -2.37. The number of rotatable bonds is 12. The smallest absolute Gasteiger partial charge is 0.291 e. The van der Waals surface area contributed by atoms with E-state index < -0.39 is 14.0 Å². The zero-order chi connectivity index (χ0) is 29.6. The summed E-state index contributed by atoms with van der Waals surface area (Å²) < 4.78 is 22.6. The number of benzene rings is 1. The molecule has 40 heavy (non-hydrogen) atoms. The summed E-state index contributed by atoms with van der Waals surface area (Å²) >= 11 is 0. The fourth-order valence-corrected chi connectivity index (χ4v) is 4.86. The summed E-state index contributed by atoms with van der Waals surface area (Å²) in [5.74, 6) is 0.323. The highest BCUT2D eigenvalue weighted by molar-refractivity contribution is 6.88. The number of methoxy groups -OCH3 is 2. The van der Waals surface area contributed by atoms with E-state index in [1.807, 2.05) is 38.1 Å². The first-order chi connectivity index (χ1) is 18.9. The Bertz CT molecular complexity index is 1330. The number of carbonyl (C=O) groups is 2. The monoisotopic (exact) mass is 569 g/mol. The highest BCUT2D eigenvalue weighted by atomic mass is 28.3. The van der Waals surface area contributed by atoms with Crippen LogP contribution in [0.4, 0.5) is 11.6 Å². The maximum Gasteiger partial charge on any atom is 0.291 e. The van der Waals surface area contributed by atoms with Crippen LogP contribution in [0.5, 0.6) is 23.5 Å². The van der Waals surface area contributed by atoms with Gasteiger partial charge in [0.05, 0.1) is 22.3 Å². The summed E-state index contributed by atoms with van der Waals surface area (Å²) in [6, 6.07) is 9.28. The van der Waals surface area contributed by atoms with Crippen molar-refractivity contribution >= 4 is 36.7 Å². The van der Waals surface area contributed by atoms with Crippen LogP contribution in [-0.2, 0) is 4.79 Å². The number of furan rings is 1. The van der Waals surface area contributed by atoms with E-state index in [0.717, 1.165) is 5.56 Å². The molecule has 0 aliphatic rings. The molecular weight excluding hydrogens is 530 g/mol. The van der Waals surface area contributed by atoms with E-state index in [-0.39, 0.29) is 47.4 Å². The molecule has 0 radical (unpaired) electrons. The Morgan fingerprint density at radius 1 is 1.00 bits per heavy atom. The molecule has 0 bridgehead atoms. The lowest BCUT2D eigenvalue weighted by Gasteiger charge is -2.23. The van der Waals surface area contributed by atoms with Crippen molar-refractivity contribution < 1.29 is 28.2 Å². The third-order valence-corrected chi connectivity index (χ3v) is 8.18. The number of nitrogens with zero attached hydrogens (tertiary/aromatic N) is 4. The summed E-state index contributed by atoms with van der Waals surface area (Å²) in [5, 5.41) is 3.96.